The van der Waals surface area contributed by atoms with Gasteiger partial charge in [-0.2, -0.15) is 0 Å². The van der Waals surface area contributed by atoms with E-state index in [9.17, 15) is 13.5 Å². The lowest BCUT2D eigenvalue weighted by molar-refractivity contribution is 0.0367. The van der Waals surface area contributed by atoms with E-state index in [2.05, 4.69) is 9.97 Å². The second kappa shape index (κ2) is 4.79. The summed E-state index contributed by atoms with van der Waals surface area (Å²) >= 11 is 0. The van der Waals surface area contributed by atoms with Crippen LogP contribution >= 0.6 is 0 Å². The molecule has 0 aliphatic heterocycles. The summed E-state index contributed by atoms with van der Waals surface area (Å²) in [6.07, 6.45) is 3.41. The molecule has 1 heterocycles. The van der Waals surface area contributed by atoms with Crippen molar-refractivity contribution in [2.75, 3.05) is 19.3 Å². The lowest BCUT2D eigenvalue weighted by atomic mass is 9.82. The number of aliphatic hydroxyl groups is 1. The Balaban J connectivity index is 2.08. The molecule has 0 unspecified atom stereocenters. The van der Waals surface area contributed by atoms with Crippen LogP contribution in [0.2, 0.25) is 0 Å². The Hall–Kier alpha value is -1.25. The van der Waals surface area contributed by atoms with Crippen molar-refractivity contribution in [3.05, 3.63) is 12.4 Å². The highest BCUT2D eigenvalue weighted by Crippen LogP contribution is 2.28. The predicted octanol–water partition coefficient (Wildman–Crippen LogP) is -0.550. The first-order chi connectivity index (χ1) is 8.39. The molecule has 0 bridgehead atoms. The summed E-state index contributed by atoms with van der Waals surface area (Å²) in [5.41, 5.74) is 5.31. The molecule has 18 heavy (non-hydrogen) atoms. The first-order valence-corrected chi connectivity index (χ1v) is 7.05. The maximum absolute atomic E-state index is 12.1. The minimum absolute atomic E-state index is 0.0269. The van der Waals surface area contributed by atoms with Crippen molar-refractivity contribution in [1.29, 1.82) is 0 Å². The lowest BCUT2D eigenvalue weighted by Crippen LogP contribution is -2.39. The minimum atomic E-state index is -3.57. The molecule has 0 spiro atoms. The van der Waals surface area contributed by atoms with Crippen LogP contribution in [-0.2, 0) is 10.0 Å². The molecule has 0 atom stereocenters. The van der Waals surface area contributed by atoms with Gasteiger partial charge in [0.05, 0.1) is 18.5 Å². The van der Waals surface area contributed by atoms with Crippen molar-refractivity contribution in [3.63, 3.8) is 0 Å². The zero-order chi connectivity index (χ0) is 13.3. The van der Waals surface area contributed by atoms with Crippen LogP contribution in [0.25, 0.3) is 0 Å². The number of aliphatic hydroxyl groups excluding tert-OH is 1. The molecule has 0 amide bonds. The van der Waals surface area contributed by atoms with Crippen LogP contribution in [0.3, 0.4) is 0 Å². The molecule has 1 aliphatic carbocycles. The van der Waals surface area contributed by atoms with E-state index in [1.807, 2.05) is 0 Å². The second-order valence-corrected chi connectivity index (χ2v) is 6.60. The molecule has 8 heteroatoms. The monoisotopic (exact) mass is 272 g/mol. The molecular formula is C10H16N4O3S. The van der Waals surface area contributed by atoms with Crippen molar-refractivity contribution in [2.45, 2.75) is 23.8 Å². The Bertz CT molecular complexity index is 510. The number of hydrogen-bond acceptors (Lipinski definition) is 6. The topological polar surface area (TPSA) is 109 Å². The fourth-order valence-corrected chi connectivity index (χ4v) is 3.09. The van der Waals surface area contributed by atoms with E-state index in [1.165, 1.54) is 23.7 Å². The highest BCUT2D eigenvalue weighted by Gasteiger charge is 2.31. The first-order valence-electron chi connectivity index (χ1n) is 5.61. The SMILES string of the molecule is CN(CC1CC(O)C1)S(=O)(=O)c1cnc(N)nc1. The van der Waals surface area contributed by atoms with Crippen LogP contribution in [0.1, 0.15) is 12.8 Å². The zero-order valence-corrected chi connectivity index (χ0v) is 10.8. The van der Waals surface area contributed by atoms with Crippen molar-refractivity contribution < 1.29 is 13.5 Å². The van der Waals surface area contributed by atoms with Gasteiger partial charge in [0.25, 0.3) is 0 Å². The van der Waals surface area contributed by atoms with Gasteiger partial charge in [-0.1, -0.05) is 0 Å². The van der Waals surface area contributed by atoms with Crippen molar-refractivity contribution in [2.24, 2.45) is 5.92 Å². The Morgan fingerprint density at radius 2 is 2.00 bits per heavy atom. The normalized spacial score (nSPS) is 23.9. The minimum Gasteiger partial charge on any atom is -0.393 e. The molecule has 1 fully saturated rings. The van der Waals surface area contributed by atoms with Gasteiger partial charge in [-0.05, 0) is 18.8 Å². The van der Waals surface area contributed by atoms with Crippen molar-refractivity contribution in [3.8, 4) is 0 Å². The highest BCUT2D eigenvalue weighted by molar-refractivity contribution is 7.89. The summed E-state index contributed by atoms with van der Waals surface area (Å²) in [4.78, 5) is 7.37. The van der Waals surface area contributed by atoms with E-state index in [-0.39, 0.29) is 22.9 Å². The van der Waals surface area contributed by atoms with Crippen LogP contribution in [0.15, 0.2) is 17.3 Å². The van der Waals surface area contributed by atoms with Gasteiger partial charge in [0.15, 0.2) is 0 Å². The van der Waals surface area contributed by atoms with Crippen LogP contribution in [-0.4, -0.2) is 47.5 Å². The molecule has 7 nitrogen and oxygen atoms in total. The molecular weight excluding hydrogens is 256 g/mol. The van der Waals surface area contributed by atoms with Crippen LogP contribution in [0.5, 0.6) is 0 Å². The van der Waals surface area contributed by atoms with Gasteiger partial charge in [0.2, 0.25) is 16.0 Å². The molecule has 0 radical (unpaired) electrons. The first kappa shape index (κ1) is 13.2. The average molecular weight is 272 g/mol. The summed E-state index contributed by atoms with van der Waals surface area (Å²) in [6.45, 7) is 0.393. The van der Waals surface area contributed by atoms with Gasteiger partial charge in [0, 0.05) is 13.6 Å². The largest absolute Gasteiger partial charge is 0.393 e. The number of nitrogens with zero attached hydrogens (tertiary/aromatic N) is 3. The summed E-state index contributed by atoms with van der Waals surface area (Å²) in [6, 6.07) is 0. The third-order valence-corrected chi connectivity index (χ3v) is 4.86. The zero-order valence-electron chi connectivity index (χ0n) is 10.0. The number of rotatable bonds is 4. The third kappa shape index (κ3) is 2.60. The fourth-order valence-electron chi connectivity index (χ4n) is 1.95. The quantitative estimate of drug-likeness (QED) is 0.761. The van der Waals surface area contributed by atoms with E-state index in [0.29, 0.717) is 19.4 Å². The Morgan fingerprint density at radius 3 is 2.50 bits per heavy atom. The number of hydrogen-bond donors (Lipinski definition) is 2. The van der Waals surface area contributed by atoms with Gasteiger partial charge >= 0.3 is 0 Å². The van der Waals surface area contributed by atoms with E-state index in [4.69, 9.17) is 5.73 Å². The van der Waals surface area contributed by atoms with E-state index in [1.54, 1.807) is 0 Å². The smallest absolute Gasteiger partial charge is 0.245 e. The lowest BCUT2D eigenvalue weighted by Gasteiger charge is -2.33. The molecule has 1 aromatic rings. The molecule has 1 aliphatic rings. The maximum atomic E-state index is 12.1. The summed E-state index contributed by atoms with van der Waals surface area (Å²) in [5.74, 6) is 0.258. The Kier molecular flexibility index (Phi) is 3.51. The summed E-state index contributed by atoms with van der Waals surface area (Å²) < 4.78 is 25.5. The van der Waals surface area contributed by atoms with Gasteiger partial charge < -0.3 is 10.8 Å². The number of nitrogens with two attached hydrogens (primary N) is 1. The predicted molar refractivity (Wildman–Crippen MR) is 65.0 cm³/mol. The molecule has 2 rings (SSSR count). The Morgan fingerprint density at radius 1 is 1.44 bits per heavy atom. The van der Waals surface area contributed by atoms with Gasteiger partial charge in [-0.15, -0.1) is 0 Å². The summed E-state index contributed by atoms with van der Waals surface area (Å²) in [7, 11) is -2.06. The Labute approximate surface area is 106 Å². The molecule has 1 saturated carbocycles. The molecule has 100 valence electrons. The highest BCUT2D eigenvalue weighted by atomic mass is 32.2. The molecule has 0 saturated heterocycles. The number of nitrogen functional groups attached to an aromatic ring is 1. The van der Waals surface area contributed by atoms with E-state index in [0.717, 1.165) is 0 Å². The number of sulfonamides is 1. The molecule has 3 N–H and O–H groups in total. The standard InChI is InChI=1S/C10H16N4O3S/c1-14(6-7-2-8(15)3-7)18(16,17)9-4-12-10(11)13-5-9/h4-5,7-8,15H,2-3,6H2,1H3,(H2,11,12,13). The summed E-state index contributed by atoms with van der Waals surface area (Å²) in [5, 5.41) is 9.18. The van der Waals surface area contributed by atoms with Crippen LogP contribution in [0, 0.1) is 5.92 Å². The fraction of sp³-hybridized carbons (Fsp3) is 0.600. The van der Waals surface area contributed by atoms with Gasteiger partial charge in [-0.3, -0.25) is 0 Å². The molecule has 1 aromatic heterocycles. The number of anilines is 1. The van der Waals surface area contributed by atoms with Crippen molar-refractivity contribution in [1.82, 2.24) is 14.3 Å². The van der Waals surface area contributed by atoms with Gasteiger partial charge in [-0.25, -0.2) is 22.7 Å². The van der Waals surface area contributed by atoms with Crippen LogP contribution < -0.4 is 5.73 Å². The maximum Gasteiger partial charge on any atom is 0.245 e. The van der Waals surface area contributed by atoms with E-state index >= 15 is 0 Å². The third-order valence-electron chi connectivity index (χ3n) is 3.08. The van der Waals surface area contributed by atoms with Crippen molar-refractivity contribution >= 4 is 16.0 Å². The van der Waals surface area contributed by atoms with E-state index < -0.39 is 10.0 Å². The van der Waals surface area contributed by atoms with Gasteiger partial charge in [0.1, 0.15) is 4.90 Å². The second-order valence-electron chi connectivity index (χ2n) is 4.55. The molecule has 0 aromatic carbocycles. The average Bonchev–Trinajstić information content (AvgIpc) is 2.27. The van der Waals surface area contributed by atoms with Crippen LogP contribution in [0.4, 0.5) is 5.95 Å². The number of aromatic nitrogens is 2.